The molecule has 20 heavy (non-hydrogen) atoms. The number of aryl methyl sites for hydroxylation is 1. The summed E-state index contributed by atoms with van der Waals surface area (Å²) in [4.78, 5) is 0. The van der Waals surface area contributed by atoms with Gasteiger partial charge in [-0.1, -0.05) is 38.3 Å². The topological polar surface area (TPSA) is 27.7 Å². The second-order valence-electron chi connectivity index (χ2n) is 4.95. The van der Waals surface area contributed by atoms with Gasteiger partial charge in [0.2, 0.25) is 0 Å². The van der Waals surface area contributed by atoms with E-state index in [0.29, 0.717) is 26.4 Å². The van der Waals surface area contributed by atoms with E-state index in [-0.39, 0.29) is 0 Å². The van der Waals surface area contributed by atoms with Crippen LogP contribution in [0.2, 0.25) is 0 Å². The van der Waals surface area contributed by atoms with Crippen LogP contribution in [0, 0.1) is 6.92 Å². The lowest BCUT2D eigenvalue weighted by Gasteiger charge is -2.08. The second-order valence-corrected chi connectivity index (χ2v) is 4.95. The minimum absolute atomic E-state index is 0.583. The lowest BCUT2D eigenvalue weighted by molar-refractivity contribution is 0.0352. The highest BCUT2D eigenvalue weighted by molar-refractivity contribution is 5.27. The molecule has 1 aromatic carbocycles. The van der Waals surface area contributed by atoms with Crippen molar-refractivity contribution in [3.63, 3.8) is 0 Å². The highest BCUT2D eigenvalue weighted by Crippen LogP contribution is 2.11. The standard InChI is InChI=1S/C17H28O3/c1-3-4-5-6-10-18-11-12-19-13-14-20-17-9-7-8-16(2)15-17/h7-9,15H,3-6,10-14H2,1-2H3. The first kappa shape index (κ1) is 17.0. The van der Waals surface area contributed by atoms with Crippen LogP contribution in [0.1, 0.15) is 38.2 Å². The normalized spacial score (nSPS) is 10.7. The Bertz CT molecular complexity index is 339. The van der Waals surface area contributed by atoms with Crippen LogP contribution in [0.3, 0.4) is 0 Å². The first-order valence-corrected chi connectivity index (χ1v) is 7.68. The predicted molar refractivity (Wildman–Crippen MR) is 82.5 cm³/mol. The van der Waals surface area contributed by atoms with Crippen molar-refractivity contribution in [3.8, 4) is 5.75 Å². The molecule has 0 radical (unpaired) electrons. The molecule has 0 aromatic heterocycles. The van der Waals surface area contributed by atoms with Crippen LogP contribution in [-0.2, 0) is 9.47 Å². The number of hydrogen-bond donors (Lipinski definition) is 0. The molecule has 0 aliphatic rings. The van der Waals surface area contributed by atoms with Crippen molar-refractivity contribution in [2.45, 2.75) is 39.5 Å². The van der Waals surface area contributed by atoms with E-state index in [1.165, 1.54) is 24.8 Å². The Kier molecular flexibility index (Phi) is 9.98. The van der Waals surface area contributed by atoms with Crippen molar-refractivity contribution in [2.24, 2.45) is 0 Å². The number of hydrogen-bond acceptors (Lipinski definition) is 3. The Morgan fingerprint density at radius 3 is 2.35 bits per heavy atom. The Labute approximate surface area is 123 Å². The molecule has 1 aromatic rings. The van der Waals surface area contributed by atoms with Gasteiger partial charge in [0, 0.05) is 6.61 Å². The van der Waals surface area contributed by atoms with E-state index in [1.807, 2.05) is 18.2 Å². The monoisotopic (exact) mass is 280 g/mol. The van der Waals surface area contributed by atoms with E-state index in [9.17, 15) is 0 Å². The van der Waals surface area contributed by atoms with Gasteiger partial charge in [0.05, 0.1) is 19.8 Å². The van der Waals surface area contributed by atoms with Gasteiger partial charge in [-0.25, -0.2) is 0 Å². The largest absolute Gasteiger partial charge is 0.491 e. The molecule has 0 heterocycles. The van der Waals surface area contributed by atoms with E-state index in [0.717, 1.165) is 18.8 Å². The zero-order valence-electron chi connectivity index (χ0n) is 12.9. The molecule has 1 rings (SSSR count). The van der Waals surface area contributed by atoms with Crippen molar-refractivity contribution in [1.29, 1.82) is 0 Å². The summed E-state index contributed by atoms with van der Waals surface area (Å²) >= 11 is 0. The fraction of sp³-hybridized carbons (Fsp3) is 0.647. The van der Waals surface area contributed by atoms with E-state index >= 15 is 0 Å². The minimum atomic E-state index is 0.583. The van der Waals surface area contributed by atoms with E-state index in [1.54, 1.807) is 0 Å². The fourth-order valence-corrected chi connectivity index (χ4v) is 1.88. The second kappa shape index (κ2) is 11.7. The number of rotatable bonds is 12. The van der Waals surface area contributed by atoms with Gasteiger partial charge in [-0.05, 0) is 31.0 Å². The Balaban J connectivity index is 1.85. The van der Waals surface area contributed by atoms with Gasteiger partial charge in [-0.3, -0.25) is 0 Å². The third-order valence-electron chi connectivity index (χ3n) is 3.00. The van der Waals surface area contributed by atoms with Crippen molar-refractivity contribution < 1.29 is 14.2 Å². The van der Waals surface area contributed by atoms with Crippen molar-refractivity contribution in [3.05, 3.63) is 29.8 Å². The first-order valence-electron chi connectivity index (χ1n) is 7.68. The molecule has 3 nitrogen and oxygen atoms in total. The summed E-state index contributed by atoms with van der Waals surface area (Å²) in [5, 5.41) is 0. The third-order valence-corrected chi connectivity index (χ3v) is 3.00. The van der Waals surface area contributed by atoms with Crippen molar-refractivity contribution in [1.82, 2.24) is 0 Å². The number of unbranched alkanes of at least 4 members (excludes halogenated alkanes) is 3. The Hall–Kier alpha value is -1.06. The minimum Gasteiger partial charge on any atom is -0.491 e. The van der Waals surface area contributed by atoms with E-state index < -0.39 is 0 Å². The van der Waals surface area contributed by atoms with E-state index in [4.69, 9.17) is 14.2 Å². The van der Waals surface area contributed by atoms with Gasteiger partial charge >= 0.3 is 0 Å². The first-order chi connectivity index (χ1) is 9.83. The zero-order chi connectivity index (χ0) is 14.5. The fourth-order valence-electron chi connectivity index (χ4n) is 1.88. The number of ether oxygens (including phenoxy) is 3. The van der Waals surface area contributed by atoms with Crippen molar-refractivity contribution >= 4 is 0 Å². The summed E-state index contributed by atoms with van der Waals surface area (Å²) in [5.41, 5.74) is 1.21. The highest BCUT2D eigenvalue weighted by atomic mass is 16.5. The molecule has 0 N–H and O–H groups in total. The van der Waals surface area contributed by atoms with Gasteiger partial charge in [0.15, 0.2) is 0 Å². The van der Waals surface area contributed by atoms with Crippen LogP contribution >= 0.6 is 0 Å². The molecule has 0 amide bonds. The van der Waals surface area contributed by atoms with Gasteiger partial charge in [-0.2, -0.15) is 0 Å². The average molecular weight is 280 g/mol. The summed E-state index contributed by atoms with van der Waals surface area (Å²) in [6.07, 6.45) is 4.99. The van der Waals surface area contributed by atoms with Crippen LogP contribution in [0.15, 0.2) is 24.3 Å². The van der Waals surface area contributed by atoms with Crippen LogP contribution in [0.4, 0.5) is 0 Å². The SMILES string of the molecule is CCCCCCOCCOCCOc1cccc(C)c1. The van der Waals surface area contributed by atoms with Gasteiger partial charge in [0.1, 0.15) is 12.4 Å². The summed E-state index contributed by atoms with van der Waals surface area (Å²) < 4.78 is 16.6. The summed E-state index contributed by atoms with van der Waals surface area (Å²) in [7, 11) is 0. The van der Waals surface area contributed by atoms with Crippen LogP contribution < -0.4 is 4.74 Å². The van der Waals surface area contributed by atoms with Crippen LogP contribution in [0.5, 0.6) is 5.75 Å². The highest BCUT2D eigenvalue weighted by Gasteiger charge is 1.95. The molecule has 0 spiro atoms. The Morgan fingerprint density at radius 1 is 0.850 bits per heavy atom. The van der Waals surface area contributed by atoms with Gasteiger partial charge < -0.3 is 14.2 Å². The summed E-state index contributed by atoms with van der Waals surface area (Å²) in [6, 6.07) is 8.05. The molecule has 0 saturated heterocycles. The van der Waals surface area contributed by atoms with Gasteiger partial charge in [-0.15, -0.1) is 0 Å². The van der Waals surface area contributed by atoms with Crippen molar-refractivity contribution in [2.75, 3.05) is 33.0 Å². The predicted octanol–water partition coefficient (Wildman–Crippen LogP) is 3.99. The van der Waals surface area contributed by atoms with Crippen LogP contribution in [-0.4, -0.2) is 33.0 Å². The lowest BCUT2D eigenvalue weighted by Crippen LogP contribution is -2.11. The van der Waals surface area contributed by atoms with Gasteiger partial charge in [0.25, 0.3) is 0 Å². The zero-order valence-corrected chi connectivity index (χ0v) is 12.9. The number of benzene rings is 1. The molecule has 114 valence electrons. The van der Waals surface area contributed by atoms with E-state index in [2.05, 4.69) is 19.9 Å². The molecule has 0 bridgehead atoms. The average Bonchev–Trinajstić information content (AvgIpc) is 2.45. The molecule has 0 fully saturated rings. The van der Waals surface area contributed by atoms with Crippen LogP contribution in [0.25, 0.3) is 0 Å². The molecular formula is C17H28O3. The third kappa shape index (κ3) is 8.94. The maximum absolute atomic E-state index is 5.59. The molecule has 0 aliphatic carbocycles. The molecule has 3 heteroatoms. The molecule has 0 atom stereocenters. The maximum Gasteiger partial charge on any atom is 0.119 e. The summed E-state index contributed by atoms with van der Waals surface area (Å²) in [5.74, 6) is 0.903. The summed E-state index contributed by atoms with van der Waals surface area (Å²) in [6.45, 7) is 7.63. The smallest absolute Gasteiger partial charge is 0.119 e. The molecule has 0 unspecified atom stereocenters. The maximum atomic E-state index is 5.59. The molecular weight excluding hydrogens is 252 g/mol. The molecule has 0 saturated carbocycles. The Morgan fingerprint density at radius 2 is 1.60 bits per heavy atom. The lowest BCUT2D eigenvalue weighted by atomic mass is 10.2. The quantitative estimate of drug-likeness (QED) is 0.542. The molecule has 0 aliphatic heterocycles.